The second kappa shape index (κ2) is 5.59. The highest BCUT2D eigenvalue weighted by atomic mass is 35.5. The number of aliphatic hydroxyl groups is 1. The molecule has 0 bridgehead atoms. The van der Waals surface area contributed by atoms with E-state index in [1.807, 2.05) is 26.0 Å². The summed E-state index contributed by atoms with van der Waals surface area (Å²) in [6.07, 6.45) is -0.636. The molecule has 0 heterocycles. The Labute approximate surface area is 99.8 Å². The maximum atomic E-state index is 9.23. The topological polar surface area (TPSA) is 29.5 Å². The van der Waals surface area contributed by atoms with Gasteiger partial charge in [0.25, 0.3) is 0 Å². The van der Waals surface area contributed by atoms with Crippen molar-refractivity contribution >= 4 is 23.2 Å². The highest BCUT2D eigenvalue weighted by Crippen LogP contribution is 2.25. The summed E-state index contributed by atoms with van der Waals surface area (Å²) in [5.74, 6) is 0.879. The third-order valence-corrected chi connectivity index (χ3v) is 2.98. The minimum Gasteiger partial charge on any atom is -0.491 e. The molecule has 1 atom stereocenters. The molecule has 0 amide bonds. The molecule has 0 aromatic heterocycles. The van der Waals surface area contributed by atoms with Gasteiger partial charge in [0.05, 0.1) is 5.88 Å². The number of benzene rings is 1. The van der Waals surface area contributed by atoms with Crippen molar-refractivity contribution < 1.29 is 9.84 Å². The number of ether oxygens (including phenoxy) is 1. The third kappa shape index (κ3) is 3.56. The van der Waals surface area contributed by atoms with E-state index in [0.717, 1.165) is 16.1 Å². The Kier molecular flexibility index (Phi) is 4.71. The summed E-state index contributed by atoms with van der Waals surface area (Å²) in [7, 11) is 0. The van der Waals surface area contributed by atoms with Gasteiger partial charge in [-0.05, 0) is 37.1 Å². The van der Waals surface area contributed by atoms with E-state index >= 15 is 0 Å². The SMILES string of the molecule is Cc1cc(OCC(O)CCl)cc(C)c1Cl. The number of aryl methyl sites for hydroxylation is 2. The fourth-order valence-electron chi connectivity index (χ4n) is 1.23. The molecule has 1 aromatic carbocycles. The zero-order valence-electron chi connectivity index (χ0n) is 8.76. The second-order valence-electron chi connectivity index (χ2n) is 3.49. The molecule has 84 valence electrons. The molecule has 1 N–H and O–H groups in total. The van der Waals surface area contributed by atoms with E-state index in [4.69, 9.17) is 27.9 Å². The molecule has 0 fully saturated rings. The van der Waals surface area contributed by atoms with Gasteiger partial charge in [-0.3, -0.25) is 0 Å². The van der Waals surface area contributed by atoms with Crippen molar-refractivity contribution in [3.05, 3.63) is 28.3 Å². The van der Waals surface area contributed by atoms with Crippen LogP contribution in [0.15, 0.2) is 12.1 Å². The molecule has 0 aliphatic rings. The molecule has 0 saturated heterocycles. The van der Waals surface area contributed by atoms with Gasteiger partial charge in [0.2, 0.25) is 0 Å². The fraction of sp³-hybridized carbons (Fsp3) is 0.455. The van der Waals surface area contributed by atoms with Gasteiger partial charge >= 0.3 is 0 Å². The summed E-state index contributed by atoms with van der Waals surface area (Å²) in [6.45, 7) is 4.03. The van der Waals surface area contributed by atoms with E-state index in [9.17, 15) is 5.11 Å². The van der Waals surface area contributed by atoms with E-state index < -0.39 is 6.10 Å². The zero-order chi connectivity index (χ0) is 11.4. The fourth-order valence-corrected chi connectivity index (χ4v) is 1.42. The highest BCUT2D eigenvalue weighted by Gasteiger charge is 2.06. The number of alkyl halides is 1. The minimum absolute atomic E-state index is 0.172. The molecule has 0 aliphatic heterocycles. The normalized spacial score (nSPS) is 12.6. The number of aliphatic hydroxyl groups excluding tert-OH is 1. The van der Waals surface area contributed by atoms with E-state index in [2.05, 4.69) is 0 Å². The Morgan fingerprint density at radius 1 is 1.33 bits per heavy atom. The Balaban J connectivity index is 2.70. The smallest absolute Gasteiger partial charge is 0.120 e. The molecular formula is C11H14Cl2O2. The Bertz CT molecular complexity index is 316. The van der Waals surface area contributed by atoms with Gasteiger partial charge in [0, 0.05) is 5.02 Å². The summed E-state index contributed by atoms with van der Waals surface area (Å²) >= 11 is 11.5. The zero-order valence-corrected chi connectivity index (χ0v) is 10.3. The van der Waals surface area contributed by atoms with Crippen LogP contribution in [0.25, 0.3) is 0 Å². The predicted molar refractivity (Wildman–Crippen MR) is 63.1 cm³/mol. The maximum Gasteiger partial charge on any atom is 0.120 e. The van der Waals surface area contributed by atoms with Gasteiger partial charge in [-0.1, -0.05) is 11.6 Å². The first-order valence-corrected chi connectivity index (χ1v) is 5.59. The minimum atomic E-state index is -0.636. The Morgan fingerprint density at radius 3 is 2.33 bits per heavy atom. The van der Waals surface area contributed by atoms with Crippen molar-refractivity contribution in [1.82, 2.24) is 0 Å². The van der Waals surface area contributed by atoms with E-state index in [-0.39, 0.29) is 12.5 Å². The van der Waals surface area contributed by atoms with Gasteiger partial charge < -0.3 is 9.84 Å². The summed E-state index contributed by atoms with van der Waals surface area (Å²) in [4.78, 5) is 0. The molecule has 0 radical (unpaired) electrons. The van der Waals surface area contributed by atoms with Crippen molar-refractivity contribution in [3.63, 3.8) is 0 Å². The summed E-state index contributed by atoms with van der Waals surface area (Å²) in [5, 5.41) is 9.98. The van der Waals surface area contributed by atoms with E-state index in [0.29, 0.717) is 5.75 Å². The monoisotopic (exact) mass is 248 g/mol. The average Bonchev–Trinajstić information content (AvgIpc) is 2.22. The van der Waals surface area contributed by atoms with Crippen LogP contribution in [0, 0.1) is 13.8 Å². The van der Waals surface area contributed by atoms with Crippen LogP contribution >= 0.6 is 23.2 Å². The molecule has 1 rings (SSSR count). The van der Waals surface area contributed by atoms with Crippen LogP contribution in [0.3, 0.4) is 0 Å². The maximum absolute atomic E-state index is 9.23. The van der Waals surface area contributed by atoms with Gasteiger partial charge in [-0.25, -0.2) is 0 Å². The van der Waals surface area contributed by atoms with Crippen LogP contribution in [0.4, 0.5) is 0 Å². The quantitative estimate of drug-likeness (QED) is 0.831. The Hall–Kier alpha value is -0.440. The molecule has 4 heteroatoms. The molecule has 0 aliphatic carbocycles. The number of hydrogen-bond donors (Lipinski definition) is 1. The molecule has 0 spiro atoms. The standard InChI is InChI=1S/C11H14Cl2O2/c1-7-3-10(4-8(2)11(7)13)15-6-9(14)5-12/h3-4,9,14H,5-6H2,1-2H3. The largest absolute Gasteiger partial charge is 0.491 e. The van der Waals surface area contributed by atoms with Crippen LogP contribution in [0.2, 0.25) is 5.02 Å². The molecule has 1 unspecified atom stereocenters. The first-order chi connectivity index (χ1) is 7.04. The first-order valence-electron chi connectivity index (χ1n) is 4.68. The first kappa shape index (κ1) is 12.6. The number of rotatable bonds is 4. The van der Waals surface area contributed by atoms with Crippen molar-refractivity contribution in [3.8, 4) is 5.75 Å². The van der Waals surface area contributed by atoms with Gasteiger partial charge in [0.1, 0.15) is 18.5 Å². The Morgan fingerprint density at radius 2 is 1.87 bits per heavy atom. The average molecular weight is 249 g/mol. The molecular weight excluding hydrogens is 235 g/mol. The van der Waals surface area contributed by atoms with Crippen LogP contribution < -0.4 is 4.74 Å². The lowest BCUT2D eigenvalue weighted by Gasteiger charge is -2.12. The predicted octanol–water partition coefficient (Wildman–Crippen LogP) is 2.94. The number of halogens is 2. The summed E-state index contributed by atoms with van der Waals surface area (Å²) < 4.78 is 5.38. The number of hydrogen-bond acceptors (Lipinski definition) is 2. The van der Waals surface area contributed by atoms with Crippen molar-refractivity contribution in [2.45, 2.75) is 20.0 Å². The summed E-state index contributed by atoms with van der Waals surface area (Å²) in [5.41, 5.74) is 1.93. The van der Waals surface area contributed by atoms with Crippen LogP contribution in [0.1, 0.15) is 11.1 Å². The van der Waals surface area contributed by atoms with Crippen LogP contribution in [0.5, 0.6) is 5.75 Å². The lowest BCUT2D eigenvalue weighted by atomic mass is 10.1. The lowest BCUT2D eigenvalue weighted by Crippen LogP contribution is -2.18. The molecule has 2 nitrogen and oxygen atoms in total. The van der Waals surface area contributed by atoms with Gasteiger partial charge in [0.15, 0.2) is 0 Å². The van der Waals surface area contributed by atoms with E-state index in [1.165, 1.54) is 0 Å². The molecule has 1 aromatic rings. The van der Waals surface area contributed by atoms with Crippen LogP contribution in [-0.2, 0) is 0 Å². The van der Waals surface area contributed by atoms with E-state index in [1.54, 1.807) is 0 Å². The lowest BCUT2D eigenvalue weighted by molar-refractivity contribution is 0.125. The summed E-state index contributed by atoms with van der Waals surface area (Å²) in [6, 6.07) is 3.69. The van der Waals surface area contributed by atoms with Crippen molar-refractivity contribution in [2.75, 3.05) is 12.5 Å². The van der Waals surface area contributed by atoms with Crippen LogP contribution in [-0.4, -0.2) is 23.7 Å². The second-order valence-corrected chi connectivity index (χ2v) is 4.18. The third-order valence-electron chi connectivity index (χ3n) is 2.03. The molecule has 15 heavy (non-hydrogen) atoms. The van der Waals surface area contributed by atoms with Crippen molar-refractivity contribution in [1.29, 1.82) is 0 Å². The van der Waals surface area contributed by atoms with Gasteiger partial charge in [-0.2, -0.15) is 0 Å². The molecule has 0 saturated carbocycles. The highest BCUT2D eigenvalue weighted by molar-refractivity contribution is 6.32. The van der Waals surface area contributed by atoms with Crippen molar-refractivity contribution in [2.24, 2.45) is 0 Å². The van der Waals surface area contributed by atoms with Gasteiger partial charge in [-0.15, -0.1) is 11.6 Å².